The Morgan fingerprint density at radius 1 is 1.24 bits per heavy atom. The van der Waals surface area contributed by atoms with Crippen molar-refractivity contribution < 1.29 is 9.13 Å². The number of halogens is 2. The van der Waals surface area contributed by atoms with Crippen molar-refractivity contribution in [3.63, 3.8) is 0 Å². The van der Waals surface area contributed by atoms with E-state index >= 15 is 0 Å². The van der Waals surface area contributed by atoms with Crippen LogP contribution in [0.1, 0.15) is 5.69 Å². The molecule has 0 spiro atoms. The molecule has 0 atom stereocenters. The van der Waals surface area contributed by atoms with Gasteiger partial charge in [-0.25, -0.2) is 9.37 Å². The standard InChI is InChI=1S/C12H6BrFN2O/c13-11-2-1-9(6-12(11)14)17-10-3-4-16-8(5-10)7-15/h1-6H. The van der Waals surface area contributed by atoms with E-state index in [1.165, 1.54) is 18.3 Å². The molecule has 84 valence electrons. The Bertz CT molecular complexity index is 595. The van der Waals surface area contributed by atoms with Gasteiger partial charge in [0.25, 0.3) is 0 Å². The van der Waals surface area contributed by atoms with E-state index in [0.717, 1.165) is 0 Å². The number of ether oxygens (including phenoxy) is 1. The zero-order chi connectivity index (χ0) is 12.3. The summed E-state index contributed by atoms with van der Waals surface area (Å²) in [4.78, 5) is 3.81. The molecular weight excluding hydrogens is 287 g/mol. The van der Waals surface area contributed by atoms with E-state index in [4.69, 9.17) is 10.00 Å². The van der Waals surface area contributed by atoms with Crippen molar-refractivity contribution in [1.29, 1.82) is 5.26 Å². The highest BCUT2D eigenvalue weighted by Crippen LogP contribution is 2.25. The lowest BCUT2D eigenvalue weighted by Crippen LogP contribution is -1.88. The zero-order valence-corrected chi connectivity index (χ0v) is 10.1. The minimum Gasteiger partial charge on any atom is -0.457 e. The molecule has 0 unspecified atom stereocenters. The summed E-state index contributed by atoms with van der Waals surface area (Å²) >= 11 is 3.05. The van der Waals surface area contributed by atoms with Gasteiger partial charge in [0.2, 0.25) is 0 Å². The summed E-state index contributed by atoms with van der Waals surface area (Å²) in [7, 11) is 0. The van der Waals surface area contributed by atoms with Crippen LogP contribution < -0.4 is 4.74 Å². The van der Waals surface area contributed by atoms with Crippen LogP contribution in [0.3, 0.4) is 0 Å². The molecule has 1 aromatic carbocycles. The number of pyridine rings is 1. The summed E-state index contributed by atoms with van der Waals surface area (Å²) < 4.78 is 19.0. The highest BCUT2D eigenvalue weighted by molar-refractivity contribution is 9.10. The summed E-state index contributed by atoms with van der Waals surface area (Å²) in [5, 5.41) is 8.67. The van der Waals surface area contributed by atoms with Gasteiger partial charge in [-0.05, 0) is 34.1 Å². The minimum atomic E-state index is -0.405. The second kappa shape index (κ2) is 4.93. The molecular formula is C12H6BrFN2O. The Morgan fingerprint density at radius 2 is 2.00 bits per heavy atom. The van der Waals surface area contributed by atoms with Crippen molar-refractivity contribution in [2.45, 2.75) is 0 Å². The van der Waals surface area contributed by atoms with Gasteiger partial charge in [0, 0.05) is 18.3 Å². The molecule has 0 aliphatic carbocycles. The van der Waals surface area contributed by atoms with Crippen LogP contribution in [0.15, 0.2) is 41.0 Å². The van der Waals surface area contributed by atoms with Crippen molar-refractivity contribution >= 4 is 15.9 Å². The van der Waals surface area contributed by atoms with E-state index in [-0.39, 0.29) is 5.69 Å². The summed E-state index contributed by atoms with van der Waals surface area (Å²) in [5.74, 6) is 0.399. The fourth-order valence-corrected chi connectivity index (χ4v) is 1.46. The predicted molar refractivity (Wildman–Crippen MR) is 63.1 cm³/mol. The van der Waals surface area contributed by atoms with Crippen LogP contribution in [0.5, 0.6) is 11.5 Å². The fraction of sp³-hybridized carbons (Fsp3) is 0. The summed E-state index contributed by atoms with van der Waals surface area (Å²) in [6, 6.07) is 9.42. The molecule has 2 aromatic rings. The highest BCUT2D eigenvalue weighted by Gasteiger charge is 2.03. The lowest BCUT2D eigenvalue weighted by atomic mass is 10.3. The molecule has 0 saturated carbocycles. The molecule has 1 aromatic heterocycles. The third-order valence-electron chi connectivity index (χ3n) is 1.97. The Kier molecular flexibility index (Phi) is 3.35. The average molecular weight is 293 g/mol. The molecule has 2 rings (SSSR count). The maximum absolute atomic E-state index is 13.2. The molecule has 17 heavy (non-hydrogen) atoms. The van der Waals surface area contributed by atoms with E-state index in [9.17, 15) is 4.39 Å². The predicted octanol–water partition coefficient (Wildman–Crippen LogP) is 3.65. The van der Waals surface area contributed by atoms with Gasteiger partial charge < -0.3 is 4.74 Å². The first-order valence-electron chi connectivity index (χ1n) is 4.68. The van der Waals surface area contributed by atoms with Crippen molar-refractivity contribution in [3.05, 3.63) is 52.5 Å². The van der Waals surface area contributed by atoms with Crippen molar-refractivity contribution in [1.82, 2.24) is 4.98 Å². The second-order valence-electron chi connectivity index (χ2n) is 3.17. The summed E-state index contributed by atoms with van der Waals surface area (Å²) in [6.45, 7) is 0. The molecule has 0 saturated heterocycles. The van der Waals surface area contributed by atoms with E-state index in [1.54, 1.807) is 18.2 Å². The number of nitrogens with zero attached hydrogens (tertiary/aromatic N) is 2. The number of hydrogen-bond donors (Lipinski definition) is 0. The Morgan fingerprint density at radius 3 is 2.71 bits per heavy atom. The number of benzene rings is 1. The van der Waals surface area contributed by atoms with Crippen LogP contribution in [0.25, 0.3) is 0 Å². The van der Waals surface area contributed by atoms with Crippen LogP contribution in [0, 0.1) is 17.1 Å². The fourth-order valence-electron chi connectivity index (χ4n) is 1.21. The molecule has 0 fully saturated rings. The van der Waals surface area contributed by atoms with E-state index in [1.807, 2.05) is 6.07 Å². The first-order valence-corrected chi connectivity index (χ1v) is 5.47. The van der Waals surface area contributed by atoms with Crippen LogP contribution in [-0.4, -0.2) is 4.98 Å². The molecule has 0 radical (unpaired) electrons. The SMILES string of the molecule is N#Cc1cc(Oc2ccc(Br)c(F)c2)ccn1. The maximum atomic E-state index is 13.2. The number of hydrogen-bond acceptors (Lipinski definition) is 3. The Balaban J connectivity index is 2.25. The number of aromatic nitrogens is 1. The molecule has 5 heteroatoms. The van der Waals surface area contributed by atoms with Crippen molar-refractivity contribution in [3.8, 4) is 17.6 Å². The second-order valence-corrected chi connectivity index (χ2v) is 4.02. The molecule has 0 aliphatic rings. The Labute approximate surface area is 106 Å². The molecule has 0 N–H and O–H groups in total. The monoisotopic (exact) mass is 292 g/mol. The highest BCUT2D eigenvalue weighted by atomic mass is 79.9. The first-order chi connectivity index (χ1) is 8.19. The summed E-state index contributed by atoms with van der Waals surface area (Å²) in [6.07, 6.45) is 1.46. The number of rotatable bonds is 2. The molecule has 0 amide bonds. The van der Waals surface area contributed by atoms with Crippen LogP contribution in [0.2, 0.25) is 0 Å². The topological polar surface area (TPSA) is 45.9 Å². The minimum absolute atomic E-state index is 0.250. The zero-order valence-electron chi connectivity index (χ0n) is 8.52. The van der Waals surface area contributed by atoms with Crippen molar-refractivity contribution in [2.24, 2.45) is 0 Å². The largest absolute Gasteiger partial charge is 0.457 e. The lowest BCUT2D eigenvalue weighted by molar-refractivity contribution is 0.475. The van der Waals surface area contributed by atoms with Gasteiger partial charge in [-0.3, -0.25) is 0 Å². The summed E-state index contributed by atoms with van der Waals surface area (Å²) in [5.41, 5.74) is 0.250. The third kappa shape index (κ3) is 2.80. The van der Waals surface area contributed by atoms with Gasteiger partial charge >= 0.3 is 0 Å². The molecule has 0 aliphatic heterocycles. The molecule has 3 nitrogen and oxygen atoms in total. The van der Waals surface area contributed by atoms with Crippen LogP contribution in [0.4, 0.5) is 4.39 Å². The van der Waals surface area contributed by atoms with Crippen LogP contribution >= 0.6 is 15.9 Å². The van der Waals surface area contributed by atoms with E-state index < -0.39 is 5.82 Å². The number of nitriles is 1. The smallest absolute Gasteiger partial charge is 0.144 e. The lowest BCUT2D eigenvalue weighted by Gasteiger charge is -2.05. The van der Waals surface area contributed by atoms with Gasteiger partial charge in [0.15, 0.2) is 0 Å². The quantitative estimate of drug-likeness (QED) is 0.849. The average Bonchev–Trinajstić information content (AvgIpc) is 2.34. The molecule has 0 bridgehead atoms. The van der Waals surface area contributed by atoms with Gasteiger partial charge in [-0.1, -0.05) is 0 Å². The Hall–Kier alpha value is -1.93. The van der Waals surface area contributed by atoms with E-state index in [0.29, 0.717) is 16.0 Å². The van der Waals surface area contributed by atoms with Crippen LogP contribution in [-0.2, 0) is 0 Å². The third-order valence-corrected chi connectivity index (χ3v) is 2.62. The van der Waals surface area contributed by atoms with Gasteiger partial charge in [0.05, 0.1) is 4.47 Å². The normalized spacial score (nSPS) is 9.71. The first kappa shape index (κ1) is 11.6. The van der Waals surface area contributed by atoms with Gasteiger partial charge in [-0.2, -0.15) is 5.26 Å². The van der Waals surface area contributed by atoms with E-state index in [2.05, 4.69) is 20.9 Å². The van der Waals surface area contributed by atoms with Crippen molar-refractivity contribution in [2.75, 3.05) is 0 Å². The maximum Gasteiger partial charge on any atom is 0.144 e. The van der Waals surface area contributed by atoms with Gasteiger partial charge in [-0.15, -0.1) is 0 Å². The molecule has 1 heterocycles. The van der Waals surface area contributed by atoms with Gasteiger partial charge in [0.1, 0.15) is 29.1 Å².